The first-order valence-corrected chi connectivity index (χ1v) is 9.93. The van der Waals surface area contributed by atoms with Gasteiger partial charge in [0.2, 0.25) is 5.91 Å². The van der Waals surface area contributed by atoms with Crippen LogP contribution in [0.4, 0.5) is 15.8 Å². The second kappa shape index (κ2) is 8.14. The summed E-state index contributed by atoms with van der Waals surface area (Å²) in [5.74, 6) is -0.790. The van der Waals surface area contributed by atoms with Crippen LogP contribution in [0.25, 0.3) is 0 Å². The highest BCUT2D eigenvalue weighted by Crippen LogP contribution is 2.48. The van der Waals surface area contributed by atoms with Gasteiger partial charge in [0.05, 0.1) is 30.9 Å². The van der Waals surface area contributed by atoms with Gasteiger partial charge in [-0.05, 0) is 57.2 Å². The third-order valence-corrected chi connectivity index (χ3v) is 6.13. The zero-order chi connectivity index (χ0) is 23.8. The molecule has 170 valence electrons. The Balaban J connectivity index is 2.10. The highest BCUT2D eigenvalue weighted by atomic mass is 19.1. The third kappa shape index (κ3) is 3.63. The molecule has 32 heavy (non-hydrogen) atoms. The van der Waals surface area contributed by atoms with Gasteiger partial charge in [-0.25, -0.2) is 14.2 Å². The highest BCUT2D eigenvalue weighted by molar-refractivity contribution is 6.01. The predicted molar refractivity (Wildman–Crippen MR) is 120 cm³/mol. The molecule has 2 aromatic carbocycles. The summed E-state index contributed by atoms with van der Waals surface area (Å²) in [6.07, 6.45) is 0. The lowest BCUT2D eigenvalue weighted by Gasteiger charge is -2.46. The van der Waals surface area contributed by atoms with E-state index in [1.54, 1.807) is 51.1 Å². The molecule has 1 heterocycles. The highest BCUT2D eigenvalue weighted by Gasteiger charge is 2.53. The fraction of sp³-hybridized carbons (Fsp3) is 0.348. The average Bonchev–Trinajstić information content (AvgIpc) is 2.77. The lowest BCUT2D eigenvalue weighted by molar-refractivity contribution is -0.140. The van der Waals surface area contributed by atoms with Gasteiger partial charge in [0.15, 0.2) is 5.96 Å². The molecule has 1 atom stereocenters. The van der Waals surface area contributed by atoms with E-state index < -0.39 is 22.7 Å². The number of guanidine groups is 1. The Kier molecular flexibility index (Phi) is 5.86. The van der Waals surface area contributed by atoms with Gasteiger partial charge < -0.3 is 20.5 Å². The summed E-state index contributed by atoms with van der Waals surface area (Å²) in [5, 5.41) is 3.15. The lowest BCUT2D eigenvalue weighted by Crippen LogP contribution is -2.58. The number of nitrogens with two attached hydrogens (primary N) is 1. The number of amides is 1. The van der Waals surface area contributed by atoms with Crippen molar-refractivity contribution in [1.29, 1.82) is 0 Å². The second-order valence-electron chi connectivity index (χ2n) is 8.26. The van der Waals surface area contributed by atoms with Gasteiger partial charge in [-0.1, -0.05) is 0 Å². The van der Waals surface area contributed by atoms with Crippen LogP contribution in [0.1, 0.15) is 36.7 Å². The summed E-state index contributed by atoms with van der Waals surface area (Å²) in [6.45, 7) is 5.11. The molecule has 9 heteroatoms. The van der Waals surface area contributed by atoms with Crippen molar-refractivity contribution in [2.75, 3.05) is 26.6 Å². The SMILES string of the molecule is COC(=O)c1ccc(OC)c(Nc2ccc(F)c([C@@]3(C)N=C(N)N(C)C(=O)C3(C)C)c2)c1. The van der Waals surface area contributed by atoms with E-state index in [-0.39, 0.29) is 17.4 Å². The normalized spacial score (nSPS) is 19.9. The molecule has 1 amide bonds. The fourth-order valence-corrected chi connectivity index (χ4v) is 3.75. The molecule has 3 N–H and O–H groups in total. The van der Waals surface area contributed by atoms with E-state index in [0.29, 0.717) is 22.7 Å². The third-order valence-electron chi connectivity index (χ3n) is 6.13. The number of aliphatic imine (C=N–C) groups is 1. The number of anilines is 2. The summed E-state index contributed by atoms with van der Waals surface area (Å²) in [4.78, 5) is 30.6. The number of carbonyl (C=O) groups excluding carboxylic acids is 2. The zero-order valence-corrected chi connectivity index (χ0v) is 18.9. The van der Waals surface area contributed by atoms with E-state index in [2.05, 4.69) is 10.3 Å². The molecule has 0 unspecified atom stereocenters. The van der Waals surface area contributed by atoms with Crippen LogP contribution in [0.2, 0.25) is 0 Å². The molecule has 0 saturated heterocycles. The maximum Gasteiger partial charge on any atom is 0.337 e. The predicted octanol–water partition coefficient (Wildman–Crippen LogP) is 3.39. The number of halogens is 1. The van der Waals surface area contributed by atoms with Crippen molar-refractivity contribution in [2.45, 2.75) is 26.3 Å². The molecule has 0 saturated carbocycles. The van der Waals surface area contributed by atoms with E-state index in [4.69, 9.17) is 15.2 Å². The van der Waals surface area contributed by atoms with Gasteiger partial charge in [-0.3, -0.25) is 9.69 Å². The number of ether oxygens (including phenoxy) is 2. The Labute approximate surface area is 186 Å². The molecular formula is C23H27FN4O4. The molecule has 0 bridgehead atoms. The van der Waals surface area contributed by atoms with Crippen LogP contribution in [0.15, 0.2) is 41.4 Å². The fourth-order valence-electron chi connectivity index (χ4n) is 3.75. The van der Waals surface area contributed by atoms with Gasteiger partial charge in [0.25, 0.3) is 0 Å². The minimum atomic E-state index is -1.25. The summed E-state index contributed by atoms with van der Waals surface area (Å²) in [6, 6.07) is 9.21. The maximum absolute atomic E-state index is 15.0. The quantitative estimate of drug-likeness (QED) is 0.688. The van der Waals surface area contributed by atoms with Crippen LogP contribution in [0, 0.1) is 11.2 Å². The molecular weight excluding hydrogens is 415 g/mol. The standard InChI is InChI=1S/C23H27FN4O4/c1-22(2)20(30)28(4)21(25)27-23(22,3)15-12-14(8-9-16(15)24)26-17-11-13(19(29)32-6)7-10-18(17)31-5/h7-12,26H,1-6H3,(H2,25,27)/t23-/m1/s1. The Bertz CT molecular complexity index is 1120. The number of benzene rings is 2. The van der Waals surface area contributed by atoms with Crippen molar-refractivity contribution in [3.63, 3.8) is 0 Å². The largest absolute Gasteiger partial charge is 0.495 e. The first-order chi connectivity index (χ1) is 15.0. The maximum atomic E-state index is 15.0. The molecule has 0 spiro atoms. The first kappa shape index (κ1) is 23.1. The minimum Gasteiger partial charge on any atom is -0.495 e. The topological polar surface area (TPSA) is 106 Å². The number of hydrogen-bond donors (Lipinski definition) is 2. The minimum absolute atomic E-state index is 0.0158. The van der Waals surface area contributed by atoms with Crippen molar-refractivity contribution >= 4 is 29.2 Å². The molecule has 0 aromatic heterocycles. The van der Waals surface area contributed by atoms with E-state index in [1.807, 2.05) is 0 Å². The summed E-state index contributed by atoms with van der Waals surface area (Å²) in [7, 11) is 4.33. The van der Waals surface area contributed by atoms with Gasteiger partial charge in [-0.2, -0.15) is 0 Å². The molecule has 0 radical (unpaired) electrons. The van der Waals surface area contributed by atoms with Gasteiger partial charge in [0.1, 0.15) is 17.1 Å². The molecule has 3 rings (SSSR count). The van der Waals surface area contributed by atoms with Crippen molar-refractivity contribution in [3.8, 4) is 5.75 Å². The number of methoxy groups -OCH3 is 2. The molecule has 0 fully saturated rings. The van der Waals surface area contributed by atoms with Gasteiger partial charge in [-0.15, -0.1) is 0 Å². The van der Waals surface area contributed by atoms with Crippen molar-refractivity contribution in [2.24, 2.45) is 16.1 Å². The molecule has 8 nitrogen and oxygen atoms in total. The smallest absolute Gasteiger partial charge is 0.337 e. The van der Waals surface area contributed by atoms with Crippen LogP contribution in [-0.2, 0) is 15.1 Å². The Morgan fingerprint density at radius 1 is 1.16 bits per heavy atom. The average molecular weight is 442 g/mol. The molecule has 1 aliphatic heterocycles. The van der Waals surface area contributed by atoms with Crippen LogP contribution >= 0.6 is 0 Å². The van der Waals surface area contributed by atoms with E-state index >= 15 is 4.39 Å². The van der Waals surface area contributed by atoms with Crippen LogP contribution < -0.4 is 15.8 Å². The first-order valence-electron chi connectivity index (χ1n) is 9.93. The van der Waals surface area contributed by atoms with Crippen LogP contribution in [0.5, 0.6) is 5.75 Å². The van der Waals surface area contributed by atoms with Crippen molar-refractivity contribution in [1.82, 2.24) is 4.90 Å². The summed E-state index contributed by atoms with van der Waals surface area (Å²) >= 11 is 0. The lowest BCUT2D eigenvalue weighted by atomic mass is 9.67. The molecule has 2 aromatic rings. The second-order valence-corrected chi connectivity index (χ2v) is 8.26. The Morgan fingerprint density at radius 3 is 2.47 bits per heavy atom. The number of nitrogens with zero attached hydrogens (tertiary/aromatic N) is 2. The van der Waals surface area contributed by atoms with Crippen molar-refractivity contribution < 1.29 is 23.5 Å². The summed E-state index contributed by atoms with van der Waals surface area (Å²) < 4.78 is 25.2. The Morgan fingerprint density at radius 2 is 1.84 bits per heavy atom. The number of rotatable bonds is 5. The number of hydrogen-bond acceptors (Lipinski definition) is 7. The number of esters is 1. The number of nitrogens with one attached hydrogen (secondary N) is 1. The van der Waals surface area contributed by atoms with E-state index in [0.717, 1.165) is 0 Å². The van der Waals surface area contributed by atoms with Crippen molar-refractivity contribution in [3.05, 3.63) is 53.3 Å². The van der Waals surface area contributed by atoms with E-state index in [1.165, 1.54) is 32.2 Å². The Hall–Kier alpha value is -3.62. The number of carbonyl (C=O) groups is 2. The van der Waals surface area contributed by atoms with Crippen LogP contribution in [-0.4, -0.2) is 44.0 Å². The molecule has 1 aliphatic rings. The summed E-state index contributed by atoms with van der Waals surface area (Å²) in [5.41, 5.74) is 5.19. The van der Waals surface area contributed by atoms with Crippen LogP contribution in [0.3, 0.4) is 0 Å². The molecule has 0 aliphatic carbocycles. The van der Waals surface area contributed by atoms with Gasteiger partial charge >= 0.3 is 5.97 Å². The van der Waals surface area contributed by atoms with E-state index in [9.17, 15) is 9.59 Å². The monoisotopic (exact) mass is 442 g/mol. The van der Waals surface area contributed by atoms with Gasteiger partial charge in [0, 0.05) is 18.3 Å². The zero-order valence-electron chi connectivity index (χ0n) is 18.9.